The molecular weight excluding hydrogens is 443 g/mol. The van der Waals surface area contributed by atoms with Crippen LogP contribution in [0.25, 0.3) is 16.5 Å². The first-order valence-corrected chi connectivity index (χ1v) is 11.9. The normalized spacial score (nSPS) is 19.9. The van der Waals surface area contributed by atoms with Crippen LogP contribution < -0.4 is 5.32 Å². The number of aromatic nitrogens is 2. The summed E-state index contributed by atoms with van der Waals surface area (Å²) in [5.74, 6) is 0.236. The van der Waals surface area contributed by atoms with Gasteiger partial charge in [0.1, 0.15) is 0 Å². The van der Waals surface area contributed by atoms with Gasteiger partial charge in [0.05, 0.1) is 23.8 Å². The van der Waals surface area contributed by atoms with Crippen molar-refractivity contribution >= 4 is 45.6 Å². The van der Waals surface area contributed by atoms with Gasteiger partial charge in [-0.2, -0.15) is 5.10 Å². The van der Waals surface area contributed by atoms with Crippen molar-refractivity contribution in [1.29, 1.82) is 0 Å². The lowest BCUT2D eigenvalue weighted by Crippen LogP contribution is -2.45. The van der Waals surface area contributed by atoms with Crippen LogP contribution >= 0.6 is 23.2 Å². The Labute approximate surface area is 198 Å². The predicted molar refractivity (Wildman–Crippen MR) is 130 cm³/mol. The third kappa shape index (κ3) is 4.05. The van der Waals surface area contributed by atoms with Crippen molar-refractivity contribution in [3.63, 3.8) is 0 Å². The minimum absolute atomic E-state index is 0.00293. The average Bonchev–Trinajstić information content (AvgIpc) is 3.48. The Morgan fingerprint density at radius 3 is 2.81 bits per heavy atom. The van der Waals surface area contributed by atoms with Gasteiger partial charge in [0.15, 0.2) is 0 Å². The van der Waals surface area contributed by atoms with Gasteiger partial charge in [0.25, 0.3) is 0 Å². The number of fused-ring (bicyclic) bond motifs is 1. The SMILES string of the molecule is CC(c1ccc(Cl)cc1Cl)n1ncc2ccc(C3=CCN(C(=O)[C@H]4CCCN4)CC3)cc21. The zero-order valence-corrected chi connectivity index (χ0v) is 19.5. The third-order valence-corrected chi connectivity index (χ3v) is 7.19. The molecule has 3 aromatic rings. The molecule has 166 valence electrons. The molecule has 0 spiro atoms. The molecule has 3 heterocycles. The number of rotatable bonds is 4. The zero-order valence-electron chi connectivity index (χ0n) is 18.0. The molecule has 5 rings (SSSR count). The predicted octanol–water partition coefficient (Wildman–Crippen LogP) is 5.32. The molecule has 1 unspecified atom stereocenters. The van der Waals surface area contributed by atoms with Crippen LogP contribution in [0.2, 0.25) is 10.0 Å². The summed E-state index contributed by atoms with van der Waals surface area (Å²) in [4.78, 5) is 14.7. The molecule has 1 fully saturated rings. The van der Waals surface area contributed by atoms with Crippen LogP contribution in [0.4, 0.5) is 0 Å². The summed E-state index contributed by atoms with van der Waals surface area (Å²) in [7, 11) is 0. The second-order valence-corrected chi connectivity index (χ2v) is 9.46. The Kier molecular flexibility index (Phi) is 5.97. The first-order chi connectivity index (χ1) is 15.5. The van der Waals surface area contributed by atoms with Crippen LogP contribution in [0.3, 0.4) is 0 Å². The summed E-state index contributed by atoms with van der Waals surface area (Å²) >= 11 is 12.5. The molecule has 2 aliphatic rings. The number of nitrogens with one attached hydrogen (secondary N) is 1. The number of hydrogen-bond donors (Lipinski definition) is 1. The Balaban J connectivity index is 1.40. The quantitative estimate of drug-likeness (QED) is 0.563. The van der Waals surface area contributed by atoms with Gasteiger partial charge < -0.3 is 10.2 Å². The molecule has 2 aliphatic heterocycles. The Morgan fingerprint density at radius 2 is 2.09 bits per heavy atom. The lowest BCUT2D eigenvalue weighted by atomic mass is 9.98. The summed E-state index contributed by atoms with van der Waals surface area (Å²) in [6.07, 6.45) is 6.97. The summed E-state index contributed by atoms with van der Waals surface area (Å²) < 4.78 is 2.01. The van der Waals surface area contributed by atoms with Crippen molar-refractivity contribution in [3.05, 3.63) is 69.8 Å². The van der Waals surface area contributed by atoms with Gasteiger partial charge in [0.2, 0.25) is 5.91 Å². The minimum atomic E-state index is -0.0279. The Bertz CT molecular complexity index is 1200. The van der Waals surface area contributed by atoms with Crippen LogP contribution in [0, 0.1) is 0 Å². The Hall–Kier alpha value is -2.34. The number of carbonyl (C=O) groups is 1. The van der Waals surface area contributed by atoms with Gasteiger partial charge in [-0.3, -0.25) is 9.48 Å². The number of nitrogens with zero attached hydrogens (tertiary/aromatic N) is 3. The Morgan fingerprint density at radius 1 is 1.22 bits per heavy atom. The molecule has 5 nitrogen and oxygen atoms in total. The summed E-state index contributed by atoms with van der Waals surface area (Å²) in [6.45, 7) is 4.46. The van der Waals surface area contributed by atoms with E-state index in [1.54, 1.807) is 6.07 Å². The summed E-state index contributed by atoms with van der Waals surface area (Å²) in [5, 5.41) is 10.3. The van der Waals surface area contributed by atoms with Crippen molar-refractivity contribution in [1.82, 2.24) is 20.0 Å². The molecule has 1 N–H and O–H groups in total. The lowest BCUT2D eigenvalue weighted by molar-refractivity contribution is -0.132. The maximum Gasteiger partial charge on any atom is 0.239 e. The van der Waals surface area contributed by atoms with E-state index in [4.69, 9.17) is 23.2 Å². The van der Waals surface area contributed by atoms with Gasteiger partial charge >= 0.3 is 0 Å². The first-order valence-electron chi connectivity index (χ1n) is 11.1. The van der Waals surface area contributed by atoms with E-state index in [1.807, 2.05) is 27.9 Å². The molecule has 2 aromatic carbocycles. The van der Waals surface area contributed by atoms with E-state index in [9.17, 15) is 4.79 Å². The standard InChI is InChI=1S/C25H26Cl2N4O/c1-16(21-7-6-20(26)14-22(21)27)31-24-13-18(4-5-19(24)15-29-31)17-8-11-30(12-9-17)25(32)23-3-2-10-28-23/h4-8,13-16,23,28H,2-3,9-12H2,1H3/t16?,23-/m1/s1. The maximum atomic E-state index is 12.7. The van der Waals surface area contributed by atoms with E-state index in [-0.39, 0.29) is 18.0 Å². The highest BCUT2D eigenvalue weighted by Crippen LogP contribution is 2.32. The molecule has 0 aliphatic carbocycles. The van der Waals surface area contributed by atoms with Crippen molar-refractivity contribution in [2.24, 2.45) is 0 Å². The number of carbonyl (C=O) groups excluding carboxylic acids is 1. The number of benzene rings is 2. The van der Waals surface area contributed by atoms with Crippen LogP contribution in [-0.2, 0) is 4.79 Å². The average molecular weight is 469 g/mol. The van der Waals surface area contributed by atoms with Gasteiger partial charge in [-0.25, -0.2) is 0 Å². The number of hydrogen-bond acceptors (Lipinski definition) is 3. The molecule has 0 bridgehead atoms. The highest BCUT2D eigenvalue weighted by Gasteiger charge is 2.28. The molecule has 1 amide bonds. The van der Waals surface area contributed by atoms with Gasteiger partial charge in [-0.05, 0) is 67.6 Å². The second-order valence-electron chi connectivity index (χ2n) is 8.62. The van der Waals surface area contributed by atoms with E-state index in [1.165, 1.54) is 11.1 Å². The monoisotopic (exact) mass is 468 g/mol. The van der Waals surface area contributed by atoms with Crippen molar-refractivity contribution in [3.8, 4) is 0 Å². The molecule has 0 saturated carbocycles. The van der Waals surface area contributed by atoms with Crippen LogP contribution in [-0.4, -0.2) is 46.3 Å². The van der Waals surface area contributed by atoms with Crippen molar-refractivity contribution in [2.75, 3.05) is 19.6 Å². The smallest absolute Gasteiger partial charge is 0.239 e. The highest BCUT2D eigenvalue weighted by atomic mass is 35.5. The van der Waals surface area contributed by atoms with Gasteiger partial charge in [0, 0.05) is 28.5 Å². The molecule has 2 atom stereocenters. The fraction of sp³-hybridized carbons (Fsp3) is 0.360. The van der Waals surface area contributed by atoms with Gasteiger partial charge in [-0.15, -0.1) is 0 Å². The van der Waals surface area contributed by atoms with Crippen LogP contribution in [0.1, 0.15) is 43.4 Å². The molecule has 7 heteroatoms. The molecule has 0 radical (unpaired) electrons. The first kappa shape index (κ1) is 21.5. The van der Waals surface area contributed by atoms with Crippen molar-refractivity contribution < 1.29 is 4.79 Å². The lowest BCUT2D eigenvalue weighted by Gasteiger charge is -2.29. The molecular formula is C25H26Cl2N4O. The largest absolute Gasteiger partial charge is 0.337 e. The van der Waals surface area contributed by atoms with Crippen LogP contribution in [0.15, 0.2) is 48.7 Å². The molecule has 1 aromatic heterocycles. The summed E-state index contributed by atoms with van der Waals surface area (Å²) in [5.41, 5.74) is 4.51. The molecule has 32 heavy (non-hydrogen) atoms. The molecule has 1 saturated heterocycles. The third-order valence-electron chi connectivity index (χ3n) is 6.63. The second kappa shape index (κ2) is 8.89. The van der Waals surface area contributed by atoms with Gasteiger partial charge in [-0.1, -0.05) is 47.5 Å². The summed E-state index contributed by atoms with van der Waals surface area (Å²) in [6, 6.07) is 12.0. The fourth-order valence-electron chi connectivity index (χ4n) is 4.77. The number of halogens is 2. The van der Waals surface area contributed by atoms with E-state index < -0.39 is 0 Å². The van der Waals surface area contributed by atoms with E-state index in [2.05, 4.69) is 41.6 Å². The highest BCUT2D eigenvalue weighted by molar-refractivity contribution is 6.35. The topological polar surface area (TPSA) is 50.2 Å². The van der Waals surface area contributed by atoms with Crippen molar-refractivity contribution in [2.45, 2.75) is 38.3 Å². The zero-order chi connectivity index (χ0) is 22.2. The van der Waals surface area contributed by atoms with E-state index in [0.29, 0.717) is 16.6 Å². The number of amides is 1. The van der Waals surface area contributed by atoms with E-state index in [0.717, 1.165) is 48.8 Å². The minimum Gasteiger partial charge on any atom is -0.337 e. The maximum absolute atomic E-state index is 12.7. The van der Waals surface area contributed by atoms with Crippen LogP contribution in [0.5, 0.6) is 0 Å². The van der Waals surface area contributed by atoms with E-state index >= 15 is 0 Å². The fourth-order valence-corrected chi connectivity index (χ4v) is 5.33.